The van der Waals surface area contributed by atoms with Crippen LogP contribution in [0, 0.1) is 0 Å². The Hall–Kier alpha value is -1.55. The van der Waals surface area contributed by atoms with Crippen LogP contribution in [0.2, 0.25) is 0 Å². The van der Waals surface area contributed by atoms with E-state index in [9.17, 15) is 4.79 Å². The molecule has 1 fully saturated rings. The van der Waals surface area contributed by atoms with Crippen molar-refractivity contribution in [3.63, 3.8) is 0 Å². The van der Waals surface area contributed by atoms with E-state index < -0.39 is 5.97 Å². The van der Waals surface area contributed by atoms with Crippen LogP contribution in [0.15, 0.2) is 18.2 Å². The van der Waals surface area contributed by atoms with Crippen LogP contribution in [0.3, 0.4) is 0 Å². The first-order valence-electron chi connectivity index (χ1n) is 7.29. The number of hydrogen-bond donors (Lipinski definition) is 1. The smallest absolute Gasteiger partial charge is 0.303 e. The summed E-state index contributed by atoms with van der Waals surface area (Å²) in [4.78, 5) is 13.2. The highest BCUT2D eigenvalue weighted by molar-refractivity contribution is 5.67. The number of nitrogens with zero attached hydrogens (tertiary/aromatic N) is 1. The van der Waals surface area contributed by atoms with Gasteiger partial charge in [-0.1, -0.05) is 18.6 Å². The molecule has 1 N–H and O–H groups in total. The lowest BCUT2D eigenvalue weighted by Crippen LogP contribution is -2.29. The Kier molecular flexibility index (Phi) is 5.41. The average molecular weight is 277 g/mol. The monoisotopic (exact) mass is 277 g/mol. The molecule has 1 aliphatic heterocycles. The number of hydrogen-bond acceptors (Lipinski definition) is 3. The van der Waals surface area contributed by atoms with Gasteiger partial charge in [-0.15, -0.1) is 0 Å². The van der Waals surface area contributed by atoms with Gasteiger partial charge in [-0.05, 0) is 49.5 Å². The molecule has 1 aromatic carbocycles. The van der Waals surface area contributed by atoms with Crippen molar-refractivity contribution in [2.24, 2.45) is 0 Å². The number of likely N-dealkylation sites (tertiary alicyclic amines) is 1. The Balaban J connectivity index is 2.05. The summed E-state index contributed by atoms with van der Waals surface area (Å²) in [5.41, 5.74) is 2.23. The van der Waals surface area contributed by atoms with E-state index in [1.165, 1.54) is 24.8 Å². The quantitative estimate of drug-likeness (QED) is 0.868. The molecule has 1 aromatic rings. The topological polar surface area (TPSA) is 49.8 Å². The Bertz CT molecular complexity index is 453. The molecule has 4 heteroatoms. The summed E-state index contributed by atoms with van der Waals surface area (Å²) < 4.78 is 5.32. The number of carboxylic acid groups (broad SMARTS) is 1. The van der Waals surface area contributed by atoms with Crippen LogP contribution in [0.5, 0.6) is 5.75 Å². The third-order valence-electron chi connectivity index (χ3n) is 3.81. The molecule has 1 heterocycles. The number of rotatable bonds is 6. The molecule has 110 valence electrons. The van der Waals surface area contributed by atoms with E-state index in [2.05, 4.69) is 17.0 Å². The fraction of sp³-hybridized carbons (Fsp3) is 0.562. The minimum absolute atomic E-state index is 0.142. The second kappa shape index (κ2) is 7.29. The molecular formula is C16H23NO3. The van der Waals surface area contributed by atoms with E-state index >= 15 is 0 Å². The van der Waals surface area contributed by atoms with E-state index in [0.29, 0.717) is 6.42 Å². The van der Waals surface area contributed by atoms with Gasteiger partial charge in [0.15, 0.2) is 0 Å². The zero-order valence-electron chi connectivity index (χ0n) is 12.1. The number of carboxylic acids is 1. The zero-order chi connectivity index (χ0) is 14.4. The Morgan fingerprint density at radius 3 is 2.70 bits per heavy atom. The van der Waals surface area contributed by atoms with Gasteiger partial charge in [-0.3, -0.25) is 9.69 Å². The van der Waals surface area contributed by atoms with E-state index in [4.69, 9.17) is 9.84 Å². The zero-order valence-corrected chi connectivity index (χ0v) is 12.1. The van der Waals surface area contributed by atoms with Crippen LogP contribution in [-0.2, 0) is 17.8 Å². The highest BCUT2D eigenvalue weighted by atomic mass is 16.5. The van der Waals surface area contributed by atoms with Gasteiger partial charge in [-0.2, -0.15) is 0 Å². The fourth-order valence-electron chi connectivity index (χ4n) is 2.74. The second-order valence-corrected chi connectivity index (χ2v) is 5.38. The number of carbonyl (C=O) groups is 1. The van der Waals surface area contributed by atoms with Gasteiger partial charge in [0.2, 0.25) is 0 Å². The Labute approximate surface area is 120 Å². The maximum Gasteiger partial charge on any atom is 0.303 e. The molecule has 0 spiro atoms. The van der Waals surface area contributed by atoms with Crippen molar-refractivity contribution in [3.05, 3.63) is 29.3 Å². The molecule has 1 saturated heterocycles. The highest BCUT2D eigenvalue weighted by Crippen LogP contribution is 2.23. The number of benzene rings is 1. The minimum Gasteiger partial charge on any atom is -0.496 e. The van der Waals surface area contributed by atoms with Crippen molar-refractivity contribution >= 4 is 5.97 Å². The fourth-order valence-corrected chi connectivity index (χ4v) is 2.74. The summed E-state index contributed by atoms with van der Waals surface area (Å²) in [5, 5.41) is 8.82. The maximum absolute atomic E-state index is 10.7. The van der Waals surface area contributed by atoms with E-state index in [1.54, 1.807) is 7.11 Å². The van der Waals surface area contributed by atoms with Crippen molar-refractivity contribution in [2.75, 3.05) is 20.2 Å². The van der Waals surface area contributed by atoms with Crippen LogP contribution in [0.4, 0.5) is 0 Å². The lowest BCUT2D eigenvalue weighted by Gasteiger charge is -2.26. The van der Waals surface area contributed by atoms with Crippen LogP contribution in [0.1, 0.15) is 36.8 Å². The third-order valence-corrected chi connectivity index (χ3v) is 3.81. The second-order valence-electron chi connectivity index (χ2n) is 5.38. The van der Waals surface area contributed by atoms with Gasteiger partial charge in [-0.25, -0.2) is 0 Å². The maximum atomic E-state index is 10.7. The summed E-state index contributed by atoms with van der Waals surface area (Å²) in [6.45, 7) is 3.27. The molecule has 2 rings (SSSR count). The van der Waals surface area contributed by atoms with E-state index in [1.807, 2.05) is 6.07 Å². The first-order valence-corrected chi connectivity index (χ1v) is 7.29. The standard InChI is InChI=1S/C16H23NO3/c1-20-15-7-5-13(11-14(15)6-8-16(18)19)12-17-9-3-2-4-10-17/h5,7,11H,2-4,6,8-10,12H2,1H3,(H,18,19). The predicted octanol–water partition coefficient (Wildman–Crippen LogP) is 2.70. The summed E-state index contributed by atoms with van der Waals surface area (Å²) in [6.07, 6.45) is 4.56. The lowest BCUT2D eigenvalue weighted by atomic mass is 10.0. The molecule has 0 unspecified atom stereocenters. The summed E-state index contributed by atoms with van der Waals surface area (Å²) in [6, 6.07) is 6.13. The van der Waals surface area contributed by atoms with Crippen molar-refractivity contribution in [3.8, 4) is 5.75 Å². The molecule has 1 aliphatic rings. The predicted molar refractivity (Wildman–Crippen MR) is 78.1 cm³/mol. The van der Waals surface area contributed by atoms with Gasteiger partial charge in [0.25, 0.3) is 0 Å². The minimum atomic E-state index is -0.770. The van der Waals surface area contributed by atoms with Gasteiger partial charge in [0.05, 0.1) is 7.11 Å². The first-order chi connectivity index (χ1) is 9.69. The number of aryl methyl sites for hydroxylation is 1. The molecule has 0 amide bonds. The Morgan fingerprint density at radius 2 is 2.05 bits per heavy atom. The molecule has 0 aromatic heterocycles. The van der Waals surface area contributed by atoms with Gasteiger partial charge in [0, 0.05) is 13.0 Å². The van der Waals surface area contributed by atoms with Gasteiger partial charge < -0.3 is 9.84 Å². The summed E-state index contributed by atoms with van der Waals surface area (Å²) >= 11 is 0. The van der Waals surface area contributed by atoms with Crippen molar-refractivity contribution in [1.82, 2.24) is 4.90 Å². The third kappa shape index (κ3) is 4.23. The number of piperidine rings is 1. The average Bonchev–Trinajstić information content (AvgIpc) is 2.46. The number of aliphatic carboxylic acids is 1. The van der Waals surface area contributed by atoms with Crippen LogP contribution >= 0.6 is 0 Å². The summed E-state index contributed by atoms with van der Waals surface area (Å²) in [5.74, 6) is 0.0159. The molecular weight excluding hydrogens is 254 g/mol. The van der Waals surface area contributed by atoms with Crippen LogP contribution in [-0.4, -0.2) is 36.2 Å². The van der Waals surface area contributed by atoms with Crippen molar-refractivity contribution < 1.29 is 14.6 Å². The normalized spacial score (nSPS) is 16.1. The largest absolute Gasteiger partial charge is 0.496 e. The van der Waals surface area contributed by atoms with Crippen molar-refractivity contribution in [1.29, 1.82) is 0 Å². The van der Waals surface area contributed by atoms with Crippen molar-refractivity contribution in [2.45, 2.75) is 38.6 Å². The van der Waals surface area contributed by atoms with E-state index in [0.717, 1.165) is 30.9 Å². The van der Waals surface area contributed by atoms with E-state index in [-0.39, 0.29) is 6.42 Å². The van der Waals surface area contributed by atoms with Crippen LogP contribution < -0.4 is 4.74 Å². The number of methoxy groups -OCH3 is 1. The number of ether oxygens (including phenoxy) is 1. The van der Waals surface area contributed by atoms with Crippen LogP contribution in [0.25, 0.3) is 0 Å². The first kappa shape index (κ1) is 14.9. The molecule has 0 aliphatic carbocycles. The lowest BCUT2D eigenvalue weighted by molar-refractivity contribution is -0.136. The molecule has 20 heavy (non-hydrogen) atoms. The molecule has 0 atom stereocenters. The summed E-state index contributed by atoms with van der Waals surface area (Å²) in [7, 11) is 1.63. The highest BCUT2D eigenvalue weighted by Gasteiger charge is 2.12. The van der Waals surface area contributed by atoms with Gasteiger partial charge >= 0.3 is 5.97 Å². The molecule has 0 bridgehead atoms. The molecule has 0 radical (unpaired) electrons. The molecule has 4 nitrogen and oxygen atoms in total. The SMILES string of the molecule is COc1ccc(CN2CCCCC2)cc1CCC(=O)O. The molecule has 0 saturated carbocycles. The van der Waals surface area contributed by atoms with Gasteiger partial charge in [0.1, 0.15) is 5.75 Å². The Morgan fingerprint density at radius 1 is 1.30 bits per heavy atom.